The minimum absolute atomic E-state index is 0.112. The molecule has 0 saturated heterocycles. The van der Waals surface area contributed by atoms with Gasteiger partial charge in [-0.25, -0.2) is 0 Å². The van der Waals surface area contributed by atoms with Crippen LogP contribution in [0.2, 0.25) is 0 Å². The van der Waals surface area contributed by atoms with E-state index in [1.54, 1.807) is 0 Å². The van der Waals surface area contributed by atoms with E-state index in [-0.39, 0.29) is 10.8 Å². The summed E-state index contributed by atoms with van der Waals surface area (Å²) >= 11 is 0. The summed E-state index contributed by atoms with van der Waals surface area (Å²) in [4.78, 5) is 4.84. The zero-order valence-corrected chi connectivity index (χ0v) is 35.7. The summed E-state index contributed by atoms with van der Waals surface area (Å²) in [5, 5.41) is 9.00. The monoisotopic (exact) mass is 800 g/mol. The van der Waals surface area contributed by atoms with Crippen molar-refractivity contribution in [2.24, 2.45) is 0 Å². The van der Waals surface area contributed by atoms with Gasteiger partial charge < -0.3 is 18.6 Å². The largest absolute Gasteiger partial charge is 0.456 e. The number of hydrogen-bond acceptors (Lipinski definition) is 4. The summed E-state index contributed by atoms with van der Waals surface area (Å²) in [5.74, 6) is 0. The van der Waals surface area contributed by atoms with Gasteiger partial charge in [0, 0.05) is 38.4 Å². The van der Waals surface area contributed by atoms with E-state index >= 15 is 0 Å². The summed E-state index contributed by atoms with van der Waals surface area (Å²) in [6, 6.07) is 58.0. The summed E-state index contributed by atoms with van der Waals surface area (Å²) in [7, 11) is 0. The van der Waals surface area contributed by atoms with E-state index in [9.17, 15) is 0 Å². The molecule has 2 aliphatic rings. The fourth-order valence-corrected chi connectivity index (χ4v) is 11.2. The lowest BCUT2D eigenvalue weighted by molar-refractivity contribution is 0.632. The van der Waals surface area contributed by atoms with E-state index in [4.69, 9.17) is 8.83 Å². The molecule has 4 heterocycles. The van der Waals surface area contributed by atoms with Crippen molar-refractivity contribution in [2.45, 2.75) is 52.4 Å². The zero-order chi connectivity index (χ0) is 41.8. The van der Waals surface area contributed by atoms with Crippen molar-refractivity contribution in [1.29, 1.82) is 0 Å². The molecule has 9 aromatic carbocycles. The Kier molecular flexibility index (Phi) is 6.96. The first kappa shape index (κ1) is 35.5. The summed E-state index contributed by atoms with van der Waals surface area (Å²) in [6.07, 6.45) is 0. The van der Waals surface area contributed by atoms with Crippen molar-refractivity contribution in [1.82, 2.24) is 0 Å². The van der Waals surface area contributed by atoms with Crippen molar-refractivity contribution in [2.75, 3.05) is 9.80 Å². The number of anilines is 6. The molecular formula is C58H44N2O2. The number of aryl methyl sites for hydroxylation is 2. The minimum atomic E-state index is -0.112. The van der Waals surface area contributed by atoms with Gasteiger partial charge in [0.2, 0.25) is 0 Å². The molecule has 0 fully saturated rings. The highest BCUT2D eigenvalue weighted by Crippen LogP contribution is 2.54. The Morgan fingerprint density at radius 2 is 0.758 bits per heavy atom. The lowest BCUT2D eigenvalue weighted by atomic mass is 9.73. The first-order chi connectivity index (χ1) is 30.1. The van der Waals surface area contributed by atoms with Gasteiger partial charge in [-0.2, -0.15) is 0 Å². The molecule has 0 saturated carbocycles. The van der Waals surface area contributed by atoms with E-state index in [1.807, 2.05) is 0 Å². The molecule has 0 unspecified atom stereocenters. The normalized spacial score (nSPS) is 15.1. The molecule has 0 radical (unpaired) electrons. The van der Waals surface area contributed by atoms with Gasteiger partial charge in [0.1, 0.15) is 22.3 Å². The second kappa shape index (κ2) is 12.2. The molecule has 2 aliphatic heterocycles. The quantitative estimate of drug-likeness (QED) is 0.174. The molecular weight excluding hydrogens is 757 g/mol. The molecule has 0 spiro atoms. The van der Waals surface area contributed by atoms with Gasteiger partial charge in [-0.1, -0.05) is 113 Å². The minimum Gasteiger partial charge on any atom is -0.456 e. The van der Waals surface area contributed by atoms with E-state index in [0.717, 1.165) is 77.0 Å². The predicted molar refractivity (Wildman–Crippen MR) is 259 cm³/mol. The van der Waals surface area contributed by atoms with Crippen LogP contribution in [0.15, 0.2) is 167 Å². The second-order valence-corrected chi connectivity index (χ2v) is 18.6. The van der Waals surface area contributed by atoms with Gasteiger partial charge in [-0.05, 0) is 142 Å². The van der Waals surface area contributed by atoms with Crippen LogP contribution < -0.4 is 9.80 Å². The maximum absolute atomic E-state index is 7.01. The molecule has 0 atom stereocenters. The second-order valence-electron chi connectivity index (χ2n) is 18.6. The van der Waals surface area contributed by atoms with Crippen molar-refractivity contribution in [3.63, 3.8) is 0 Å². The van der Waals surface area contributed by atoms with E-state index < -0.39 is 0 Å². The Bertz CT molecular complexity index is 3650. The summed E-state index contributed by atoms with van der Waals surface area (Å²) < 4.78 is 13.9. The van der Waals surface area contributed by atoms with Gasteiger partial charge in [-0.3, -0.25) is 0 Å². The van der Waals surface area contributed by atoms with Gasteiger partial charge in [-0.15, -0.1) is 0 Å². The molecule has 2 aromatic heterocycles. The number of benzene rings is 9. The topological polar surface area (TPSA) is 32.8 Å². The molecule has 4 heteroatoms. The fourth-order valence-electron chi connectivity index (χ4n) is 11.2. The summed E-state index contributed by atoms with van der Waals surface area (Å²) in [5.41, 5.74) is 18.0. The van der Waals surface area contributed by atoms with Crippen molar-refractivity contribution in [3.8, 4) is 0 Å². The average molecular weight is 801 g/mol. The van der Waals surface area contributed by atoms with E-state index in [2.05, 4.69) is 209 Å². The molecule has 0 bridgehead atoms. The van der Waals surface area contributed by atoms with Crippen LogP contribution in [0.4, 0.5) is 34.1 Å². The molecule has 62 heavy (non-hydrogen) atoms. The Morgan fingerprint density at radius 1 is 0.371 bits per heavy atom. The van der Waals surface area contributed by atoms with Crippen LogP contribution >= 0.6 is 0 Å². The van der Waals surface area contributed by atoms with Crippen LogP contribution in [0, 0.1) is 13.8 Å². The van der Waals surface area contributed by atoms with Crippen LogP contribution in [0.5, 0.6) is 0 Å². The smallest absolute Gasteiger partial charge is 0.147 e. The highest BCUT2D eigenvalue weighted by atomic mass is 16.3. The fraction of sp³-hybridized carbons (Fsp3) is 0.138. The summed E-state index contributed by atoms with van der Waals surface area (Å²) in [6.45, 7) is 13.7. The molecule has 11 aromatic rings. The third-order valence-electron chi connectivity index (χ3n) is 14.6. The zero-order valence-electron chi connectivity index (χ0n) is 35.7. The van der Waals surface area contributed by atoms with E-state index in [1.165, 1.54) is 56.0 Å². The molecule has 298 valence electrons. The van der Waals surface area contributed by atoms with Crippen LogP contribution in [0.3, 0.4) is 0 Å². The lowest BCUT2D eigenvalue weighted by Crippen LogP contribution is -2.30. The Balaban J connectivity index is 0.971. The molecule has 0 aliphatic carbocycles. The van der Waals surface area contributed by atoms with E-state index in [0.29, 0.717) is 0 Å². The standard InChI is InChI=1S/C58H44N2O2/c1-33-34(2)55-54(42-30-36-24-26-40(28-38(36)32-52(42)61-55)60-49-21-13-9-17-45(49)58(5,6)46-18-10-14-22-50(46)60)56-53(33)41-29-35-23-25-39(27-37(35)31-51(41)62-56)59-47-19-11-7-15-43(47)57(3,4)44-16-8-12-20-48(44)59/h7-32H,1-6H3. The number of para-hydroxylation sites is 4. The van der Waals surface area contributed by atoms with Gasteiger partial charge in [0.25, 0.3) is 0 Å². The highest BCUT2D eigenvalue weighted by Gasteiger charge is 2.38. The molecule has 0 amide bonds. The Labute approximate surface area is 360 Å². The SMILES string of the molecule is Cc1c(C)c2c3cc4ccc(N5c6ccccc6C(C)(C)c6ccccc65)cc4cc3oc2c2c1oc1cc3cc(N4c5ccccc5C(C)(C)c5ccccc54)ccc3cc12. The molecule has 4 nitrogen and oxygen atoms in total. The van der Waals surface area contributed by atoms with Crippen LogP contribution in [0.25, 0.3) is 65.4 Å². The van der Waals surface area contributed by atoms with Gasteiger partial charge in [0.05, 0.1) is 28.1 Å². The lowest BCUT2D eigenvalue weighted by Gasteiger charge is -2.42. The van der Waals surface area contributed by atoms with Crippen molar-refractivity contribution < 1.29 is 8.83 Å². The van der Waals surface area contributed by atoms with Crippen LogP contribution in [-0.4, -0.2) is 0 Å². The Morgan fingerprint density at radius 3 is 1.19 bits per heavy atom. The van der Waals surface area contributed by atoms with Crippen LogP contribution in [0.1, 0.15) is 61.1 Å². The number of rotatable bonds is 2. The number of fused-ring (bicyclic) bond motifs is 13. The first-order valence-electron chi connectivity index (χ1n) is 21.8. The number of nitrogens with zero attached hydrogens (tertiary/aromatic N) is 2. The maximum atomic E-state index is 7.01. The first-order valence-corrected chi connectivity index (χ1v) is 21.8. The third-order valence-corrected chi connectivity index (χ3v) is 14.6. The average Bonchev–Trinajstić information content (AvgIpc) is 3.85. The Hall–Kier alpha value is -7.30. The third kappa shape index (κ3) is 4.62. The van der Waals surface area contributed by atoms with Gasteiger partial charge >= 0.3 is 0 Å². The van der Waals surface area contributed by atoms with Crippen molar-refractivity contribution in [3.05, 3.63) is 191 Å². The van der Waals surface area contributed by atoms with Gasteiger partial charge in [0.15, 0.2) is 0 Å². The molecule has 13 rings (SSSR count). The number of furan rings is 2. The van der Waals surface area contributed by atoms with Crippen LogP contribution in [-0.2, 0) is 10.8 Å². The maximum Gasteiger partial charge on any atom is 0.147 e. The highest BCUT2D eigenvalue weighted by molar-refractivity contribution is 6.26. The van der Waals surface area contributed by atoms with Crippen molar-refractivity contribution >= 4 is 99.5 Å². The number of hydrogen-bond donors (Lipinski definition) is 0. The predicted octanol–water partition coefficient (Wildman–Crippen LogP) is 16.6. The molecule has 0 N–H and O–H groups in total.